The zero-order valence-corrected chi connectivity index (χ0v) is 26.0. The summed E-state index contributed by atoms with van der Waals surface area (Å²) in [5, 5.41) is 21.3. The van der Waals surface area contributed by atoms with E-state index in [2.05, 4.69) is 29.4 Å². The first kappa shape index (κ1) is 32.5. The number of nitrogens with one attached hydrogen (secondary N) is 1. The van der Waals surface area contributed by atoms with Crippen LogP contribution in [0.5, 0.6) is 5.75 Å². The molecule has 0 fully saturated rings. The van der Waals surface area contributed by atoms with Crippen LogP contribution in [-0.4, -0.2) is 37.0 Å². The molecule has 0 bridgehead atoms. The number of azo groups is 1. The zero-order valence-electron chi connectivity index (χ0n) is 24.4. The molecule has 4 rings (SSSR count). The Bertz CT molecular complexity index is 2040. The van der Waals surface area contributed by atoms with Gasteiger partial charge in [-0.2, -0.15) is 21.9 Å². The number of hydrogen-bond donors (Lipinski definition) is 5. The van der Waals surface area contributed by atoms with Crippen molar-refractivity contribution < 1.29 is 35.8 Å². The summed E-state index contributed by atoms with van der Waals surface area (Å²) >= 11 is 0. The van der Waals surface area contributed by atoms with E-state index in [9.17, 15) is 35.8 Å². The van der Waals surface area contributed by atoms with Gasteiger partial charge in [0.15, 0.2) is 5.75 Å². The van der Waals surface area contributed by atoms with Crippen LogP contribution in [0, 0.1) is 19.8 Å². The monoisotopic (exact) mass is 640 g/mol. The lowest BCUT2D eigenvalue weighted by molar-refractivity contribution is -0.116. The molecule has 0 aliphatic heterocycles. The molecule has 0 saturated heterocycles. The van der Waals surface area contributed by atoms with Crippen molar-refractivity contribution in [3.05, 3.63) is 65.7 Å². The number of carbonyl (C=O) groups excluding carboxylic acids is 1. The second-order valence-corrected chi connectivity index (χ2v) is 13.6. The molecule has 0 saturated carbocycles. The standard InChI is InChI=1S/C30H32N4O8S2/c1-16(2)5-12-27(35)32-22-9-6-19(13-17(22)3)20-7-10-23(18(4)14-20)33-34-24-11-8-21-25(43(37,38)39)15-26(44(40,41)42)29(31)28(21)30(24)36/h6-11,13-16,36H,5,12,31H2,1-4H3,(H,32,35)(H,37,38,39)(H,40,41,42). The highest BCUT2D eigenvalue weighted by Crippen LogP contribution is 2.44. The summed E-state index contributed by atoms with van der Waals surface area (Å²) in [6.45, 7) is 7.86. The predicted octanol–water partition coefficient (Wildman–Crippen LogP) is 6.69. The third-order valence-corrected chi connectivity index (χ3v) is 8.81. The van der Waals surface area contributed by atoms with E-state index < -0.39 is 46.9 Å². The quantitative estimate of drug-likeness (QED) is 0.0748. The van der Waals surface area contributed by atoms with Crippen LogP contribution in [0.1, 0.15) is 37.8 Å². The second kappa shape index (κ2) is 12.3. The van der Waals surface area contributed by atoms with Crippen molar-refractivity contribution in [3.63, 3.8) is 0 Å². The Balaban J connectivity index is 1.65. The molecule has 0 aromatic heterocycles. The molecule has 6 N–H and O–H groups in total. The molecule has 14 heteroatoms. The van der Waals surface area contributed by atoms with Crippen LogP contribution in [0.15, 0.2) is 74.6 Å². The zero-order chi connectivity index (χ0) is 32.6. The van der Waals surface area contributed by atoms with Gasteiger partial charge in [-0.1, -0.05) is 32.0 Å². The highest BCUT2D eigenvalue weighted by molar-refractivity contribution is 7.87. The molecule has 0 aliphatic carbocycles. The summed E-state index contributed by atoms with van der Waals surface area (Å²) in [5.41, 5.74) is 9.70. The average molecular weight is 641 g/mol. The van der Waals surface area contributed by atoms with Crippen LogP contribution in [-0.2, 0) is 25.0 Å². The summed E-state index contributed by atoms with van der Waals surface area (Å²) in [7, 11) is -10.0. The van der Waals surface area contributed by atoms with Gasteiger partial charge in [0.25, 0.3) is 20.2 Å². The molecule has 1 amide bonds. The van der Waals surface area contributed by atoms with Gasteiger partial charge in [0.2, 0.25) is 5.91 Å². The lowest BCUT2D eigenvalue weighted by Crippen LogP contribution is -2.13. The van der Waals surface area contributed by atoms with Crippen molar-refractivity contribution in [2.45, 2.75) is 50.3 Å². The van der Waals surface area contributed by atoms with Crippen molar-refractivity contribution in [2.75, 3.05) is 11.1 Å². The minimum absolute atomic E-state index is 0.0296. The van der Waals surface area contributed by atoms with Gasteiger partial charge in [-0.25, -0.2) is 0 Å². The number of nitrogen functional groups attached to an aromatic ring is 1. The molecule has 0 aliphatic rings. The fourth-order valence-electron chi connectivity index (χ4n) is 4.63. The molecular weight excluding hydrogens is 608 g/mol. The van der Waals surface area contributed by atoms with Crippen LogP contribution < -0.4 is 11.1 Å². The third kappa shape index (κ3) is 7.05. The second-order valence-electron chi connectivity index (χ2n) is 10.8. The number of rotatable bonds is 9. The van der Waals surface area contributed by atoms with Gasteiger partial charge in [-0.3, -0.25) is 13.9 Å². The van der Waals surface area contributed by atoms with Crippen LogP contribution in [0.25, 0.3) is 21.9 Å². The van der Waals surface area contributed by atoms with E-state index in [1.807, 2.05) is 44.2 Å². The minimum Gasteiger partial charge on any atom is -0.505 e. The summed E-state index contributed by atoms with van der Waals surface area (Å²) < 4.78 is 66.7. The predicted molar refractivity (Wildman–Crippen MR) is 168 cm³/mol. The van der Waals surface area contributed by atoms with Crippen molar-refractivity contribution in [3.8, 4) is 16.9 Å². The first-order valence-corrected chi connectivity index (χ1v) is 16.3. The number of fused-ring (bicyclic) bond motifs is 1. The number of benzene rings is 4. The van der Waals surface area contributed by atoms with Crippen LogP contribution in [0.4, 0.5) is 22.7 Å². The first-order valence-electron chi connectivity index (χ1n) is 13.4. The molecule has 0 atom stereocenters. The van der Waals surface area contributed by atoms with E-state index in [1.165, 1.54) is 12.1 Å². The Morgan fingerprint density at radius 1 is 0.841 bits per heavy atom. The minimum atomic E-state index is -5.03. The third-order valence-electron chi connectivity index (χ3n) is 7.02. The number of nitrogens with zero attached hydrogens (tertiary/aromatic N) is 2. The number of nitrogens with two attached hydrogens (primary N) is 1. The molecule has 0 radical (unpaired) electrons. The number of phenols is 1. The van der Waals surface area contributed by atoms with Gasteiger partial charge in [0.1, 0.15) is 15.5 Å². The number of aromatic hydroxyl groups is 1. The van der Waals surface area contributed by atoms with Crippen molar-refractivity contribution in [1.82, 2.24) is 0 Å². The summed E-state index contributed by atoms with van der Waals surface area (Å²) in [4.78, 5) is 10.4. The Kier molecular flexibility index (Phi) is 9.11. The maximum atomic E-state index is 12.3. The van der Waals surface area contributed by atoms with Gasteiger partial charge in [0.05, 0.1) is 16.8 Å². The average Bonchev–Trinajstić information content (AvgIpc) is 2.91. The Morgan fingerprint density at radius 3 is 1.98 bits per heavy atom. The molecule has 232 valence electrons. The normalized spacial score (nSPS) is 12.3. The topological polar surface area (TPSA) is 209 Å². The highest BCUT2D eigenvalue weighted by atomic mass is 32.2. The lowest BCUT2D eigenvalue weighted by Gasteiger charge is -2.13. The maximum Gasteiger partial charge on any atom is 0.296 e. The Labute approximate surface area is 255 Å². The smallest absolute Gasteiger partial charge is 0.296 e. The van der Waals surface area contributed by atoms with E-state index in [4.69, 9.17) is 5.73 Å². The van der Waals surface area contributed by atoms with E-state index in [1.54, 1.807) is 6.07 Å². The fraction of sp³-hybridized carbons (Fsp3) is 0.233. The number of anilines is 2. The molecular formula is C30H32N4O8S2. The van der Waals surface area contributed by atoms with Crippen LogP contribution in [0.2, 0.25) is 0 Å². The number of phenolic OH excluding ortho intramolecular Hbond substituents is 1. The van der Waals surface area contributed by atoms with Crippen LogP contribution >= 0.6 is 0 Å². The SMILES string of the molecule is Cc1cc(-c2ccc(NC(=O)CCC(C)C)c(C)c2)ccc1N=Nc1ccc2c(S(=O)(=O)O)cc(S(=O)(=O)O)c(N)c2c1O. The number of carbonyl (C=O) groups is 1. The number of hydrogen-bond acceptors (Lipinski definition) is 9. The number of aryl methyl sites for hydroxylation is 2. The Morgan fingerprint density at radius 2 is 1.41 bits per heavy atom. The van der Waals surface area contributed by atoms with Gasteiger partial charge < -0.3 is 16.2 Å². The van der Waals surface area contributed by atoms with E-state index in [0.29, 0.717) is 24.1 Å². The van der Waals surface area contributed by atoms with E-state index in [-0.39, 0.29) is 17.0 Å². The molecule has 44 heavy (non-hydrogen) atoms. The summed E-state index contributed by atoms with van der Waals surface area (Å²) in [6, 6.07) is 14.1. The van der Waals surface area contributed by atoms with Crippen molar-refractivity contribution in [1.29, 1.82) is 0 Å². The van der Waals surface area contributed by atoms with Crippen molar-refractivity contribution >= 4 is 59.7 Å². The number of amides is 1. The fourth-order valence-corrected chi connectivity index (χ4v) is 6.07. The Hall–Kier alpha value is -4.37. The van der Waals surface area contributed by atoms with Gasteiger partial charge in [0, 0.05) is 17.5 Å². The van der Waals surface area contributed by atoms with Gasteiger partial charge in [-0.15, -0.1) is 5.11 Å². The summed E-state index contributed by atoms with van der Waals surface area (Å²) in [6.07, 6.45) is 1.26. The molecule has 4 aromatic carbocycles. The first-order chi connectivity index (χ1) is 20.5. The maximum absolute atomic E-state index is 12.3. The lowest BCUT2D eigenvalue weighted by atomic mass is 10.00. The van der Waals surface area contributed by atoms with Gasteiger partial charge in [-0.05, 0) is 84.8 Å². The van der Waals surface area contributed by atoms with Crippen LogP contribution in [0.3, 0.4) is 0 Å². The summed E-state index contributed by atoms with van der Waals surface area (Å²) in [5.74, 6) is -0.298. The molecule has 4 aromatic rings. The molecule has 12 nitrogen and oxygen atoms in total. The van der Waals surface area contributed by atoms with Crippen molar-refractivity contribution in [2.24, 2.45) is 16.1 Å². The molecule has 0 spiro atoms. The van der Waals surface area contributed by atoms with E-state index >= 15 is 0 Å². The largest absolute Gasteiger partial charge is 0.505 e. The molecule has 0 heterocycles. The highest BCUT2D eigenvalue weighted by Gasteiger charge is 2.26. The van der Waals surface area contributed by atoms with E-state index in [0.717, 1.165) is 34.4 Å². The van der Waals surface area contributed by atoms with Gasteiger partial charge >= 0.3 is 0 Å². The molecule has 0 unspecified atom stereocenters.